The summed E-state index contributed by atoms with van der Waals surface area (Å²) in [5.41, 5.74) is 1.13. The summed E-state index contributed by atoms with van der Waals surface area (Å²) >= 11 is 0. The van der Waals surface area contributed by atoms with Gasteiger partial charge in [0, 0.05) is 5.69 Å². The molecule has 128 valence electrons. The first kappa shape index (κ1) is 16.8. The van der Waals surface area contributed by atoms with Gasteiger partial charge in [-0.1, -0.05) is 12.1 Å². The minimum absolute atomic E-state index is 0.0700. The van der Waals surface area contributed by atoms with Gasteiger partial charge in [0.25, 0.3) is 10.0 Å². The summed E-state index contributed by atoms with van der Waals surface area (Å²) in [4.78, 5) is 0.0700. The topological polar surface area (TPSA) is 46.2 Å². The SMILES string of the molecule is O=S(=O)(Nc1cccc(C(F)(F)F)c1)c1ccc2c(c1)CCCC2. The van der Waals surface area contributed by atoms with E-state index in [1.54, 1.807) is 12.1 Å². The minimum Gasteiger partial charge on any atom is -0.280 e. The molecule has 3 rings (SSSR count). The molecule has 1 aliphatic rings. The smallest absolute Gasteiger partial charge is 0.280 e. The first-order valence-electron chi connectivity index (χ1n) is 7.58. The molecule has 3 nitrogen and oxygen atoms in total. The highest BCUT2D eigenvalue weighted by molar-refractivity contribution is 7.92. The number of fused-ring (bicyclic) bond motifs is 1. The van der Waals surface area contributed by atoms with Crippen LogP contribution < -0.4 is 4.72 Å². The van der Waals surface area contributed by atoms with E-state index in [-0.39, 0.29) is 10.6 Å². The number of aryl methyl sites for hydroxylation is 2. The third kappa shape index (κ3) is 3.56. The van der Waals surface area contributed by atoms with Gasteiger partial charge in [-0.2, -0.15) is 13.2 Å². The number of sulfonamides is 1. The minimum atomic E-state index is -4.52. The van der Waals surface area contributed by atoms with E-state index in [2.05, 4.69) is 4.72 Å². The zero-order valence-corrected chi connectivity index (χ0v) is 13.5. The number of benzene rings is 2. The standard InChI is InChI=1S/C17H16F3NO2S/c18-17(19,20)14-6-3-7-15(11-14)21-24(22,23)16-9-8-12-4-1-2-5-13(12)10-16/h3,6-11,21H,1-2,4-5H2. The van der Waals surface area contributed by atoms with Gasteiger partial charge in [0.1, 0.15) is 0 Å². The Morgan fingerprint density at radius 3 is 2.33 bits per heavy atom. The molecule has 0 heterocycles. The molecular weight excluding hydrogens is 339 g/mol. The lowest BCUT2D eigenvalue weighted by atomic mass is 9.92. The summed E-state index contributed by atoms with van der Waals surface area (Å²) in [5.74, 6) is 0. The van der Waals surface area contributed by atoms with Crippen LogP contribution in [-0.2, 0) is 29.0 Å². The highest BCUT2D eigenvalue weighted by atomic mass is 32.2. The third-order valence-corrected chi connectivity index (χ3v) is 5.45. The molecular formula is C17H16F3NO2S. The Kier molecular flexibility index (Phi) is 4.29. The molecule has 0 saturated carbocycles. The zero-order chi connectivity index (χ0) is 17.4. The van der Waals surface area contributed by atoms with Gasteiger partial charge in [0.2, 0.25) is 0 Å². The fourth-order valence-corrected chi connectivity index (χ4v) is 3.95. The van der Waals surface area contributed by atoms with E-state index in [1.165, 1.54) is 18.2 Å². The summed E-state index contributed by atoms with van der Waals surface area (Å²) < 4.78 is 65.3. The van der Waals surface area contributed by atoms with Crippen molar-refractivity contribution in [2.24, 2.45) is 0 Å². The van der Waals surface area contributed by atoms with Crippen LogP contribution in [0.3, 0.4) is 0 Å². The molecule has 2 aromatic carbocycles. The van der Waals surface area contributed by atoms with Crippen molar-refractivity contribution in [3.05, 3.63) is 59.2 Å². The second-order valence-corrected chi connectivity index (χ2v) is 7.50. The maximum Gasteiger partial charge on any atom is 0.416 e. The van der Waals surface area contributed by atoms with Gasteiger partial charge >= 0.3 is 6.18 Å². The Hall–Kier alpha value is -2.02. The molecule has 0 unspecified atom stereocenters. The summed E-state index contributed by atoms with van der Waals surface area (Å²) in [6.45, 7) is 0. The van der Waals surface area contributed by atoms with Crippen molar-refractivity contribution < 1.29 is 21.6 Å². The van der Waals surface area contributed by atoms with Crippen LogP contribution in [0.2, 0.25) is 0 Å². The average Bonchev–Trinajstić information content (AvgIpc) is 2.53. The Balaban J connectivity index is 1.89. The molecule has 7 heteroatoms. The Morgan fingerprint density at radius 1 is 0.917 bits per heavy atom. The van der Waals surface area contributed by atoms with Crippen LogP contribution in [0.5, 0.6) is 0 Å². The maximum atomic E-state index is 12.7. The van der Waals surface area contributed by atoms with Gasteiger partial charge in [-0.05, 0) is 67.1 Å². The van der Waals surface area contributed by atoms with Crippen molar-refractivity contribution in [3.8, 4) is 0 Å². The summed E-state index contributed by atoms with van der Waals surface area (Å²) in [7, 11) is -3.93. The zero-order valence-electron chi connectivity index (χ0n) is 12.7. The molecule has 0 aromatic heterocycles. The average molecular weight is 355 g/mol. The fraction of sp³-hybridized carbons (Fsp3) is 0.294. The van der Waals surface area contributed by atoms with Crippen molar-refractivity contribution in [2.45, 2.75) is 36.8 Å². The van der Waals surface area contributed by atoms with Crippen LogP contribution in [0, 0.1) is 0 Å². The van der Waals surface area contributed by atoms with Crippen LogP contribution in [-0.4, -0.2) is 8.42 Å². The lowest BCUT2D eigenvalue weighted by Crippen LogP contribution is -2.15. The molecule has 0 radical (unpaired) electrons. The van der Waals surface area contributed by atoms with E-state index >= 15 is 0 Å². The monoisotopic (exact) mass is 355 g/mol. The van der Waals surface area contributed by atoms with Crippen molar-refractivity contribution >= 4 is 15.7 Å². The Bertz CT molecular complexity index is 860. The highest BCUT2D eigenvalue weighted by Crippen LogP contribution is 2.31. The van der Waals surface area contributed by atoms with Gasteiger partial charge in [-0.15, -0.1) is 0 Å². The van der Waals surface area contributed by atoms with E-state index in [0.29, 0.717) is 0 Å². The molecule has 0 fully saturated rings. The van der Waals surface area contributed by atoms with E-state index < -0.39 is 21.8 Å². The van der Waals surface area contributed by atoms with Crippen molar-refractivity contribution in [1.82, 2.24) is 0 Å². The first-order chi connectivity index (χ1) is 11.3. The largest absolute Gasteiger partial charge is 0.416 e. The molecule has 0 bridgehead atoms. The van der Waals surface area contributed by atoms with Gasteiger partial charge in [0.15, 0.2) is 0 Å². The normalized spacial score (nSPS) is 15.0. The van der Waals surface area contributed by atoms with E-state index in [4.69, 9.17) is 0 Å². The van der Waals surface area contributed by atoms with Gasteiger partial charge in [-0.3, -0.25) is 4.72 Å². The maximum absolute atomic E-state index is 12.7. The molecule has 2 aromatic rings. The summed E-state index contributed by atoms with van der Waals surface area (Å²) in [5, 5.41) is 0. The van der Waals surface area contributed by atoms with Crippen LogP contribution in [0.25, 0.3) is 0 Å². The molecule has 0 amide bonds. The van der Waals surface area contributed by atoms with Crippen LogP contribution in [0.15, 0.2) is 47.4 Å². The van der Waals surface area contributed by atoms with Crippen molar-refractivity contribution in [3.63, 3.8) is 0 Å². The molecule has 1 N–H and O–H groups in total. The number of alkyl halides is 3. The molecule has 0 saturated heterocycles. The Labute approximate surface area is 138 Å². The summed E-state index contributed by atoms with van der Waals surface area (Å²) in [6.07, 6.45) is -0.675. The predicted octanol–water partition coefficient (Wildman–Crippen LogP) is 4.39. The van der Waals surface area contributed by atoms with Crippen LogP contribution >= 0.6 is 0 Å². The van der Waals surface area contributed by atoms with E-state index in [1.807, 2.05) is 0 Å². The second-order valence-electron chi connectivity index (χ2n) is 5.82. The summed E-state index contributed by atoms with van der Waals surface area (Å²) in [6, 6.07) is 9.06. The first-order valence-corrected chi connectivity index (χ1v) is 9.06. The quantitative estimate of drug-likeness (QED) is 0.888. The van der Waals surface area contributed by atoms with E-state index in [9.17, 15) is 21.6 Å². The van der Waals surface area contributed by atoms with Gasteiger partial charge in [-0.25, -0.2) is 8.42 Å². The van der Waals surface area contributed by atoms with Crippen LogP contribution in [0.4, 0.5) is 18.9 Å². The fourth-order valence-electron chi connectivity index (χ4n) is 2.85. The van der Waals surface area contributed by atoms with Crippen LogP contribution in [0.1, 0.15) is 29.5 Å². The number of anilines is 1. The molecule has 0 aliphatic heterocycles. The van der Waals surface area contributed by atoms with Gasteiger partial charge in [0.05, 0.1) is 10.5 Å². The predicted molar refractivity (Wildman–Crippen MR) is 85.3 cm³/mol. The number of rotatable bonds is 3. The van der Waals surface area contributed by atoms with Crippen molar-refractivity contribution in [1.29, 1.82) is 0 Å². The lowest BCUT2D eigenvalue weighted by Gasteiger charge is -2.17. The van der Waals surface area contributed by atoms with E-state index in [0.717, 1.165) is 48.9 Å². The number of hydrogen-bond acceptors (Lipinski definition) is 2. The number of hydrogen-bond donors (Lipinski definition) is 1. The molecule has 1 aliphatic carbocycles. The molecule has 24 heavy (non-hydrogen) atoms. The Morgan fingerprint density at radius 2 is 1.62 bits per heavy atom. The number of nitrogens with one attached hydrogen (secondary N) is 1. The molecule has 0 atom stereocenters. The second kappa shape index (κ2) is 6.12. The third-order valence-electron chi connectivity index (χ3n) is 4.07. The van der Waals surface area contributed by atoms with Crippen molar-refractivity contribution in [2.75, 3.05) is 4.72 Å². The van der Waals surface area contributed by atoms with Gasteiger partial charge < -0.3 is 0 Å². The highest BCUT2D eigenvalue weighted by Gasteiger charge is 2.30. The number of halogens is 3. The lowest BCUT2D eigenvalue weighted by molar-refractivity contribution is -0.137. The molecule has 0 spiro atoms.